The molecular formula is C23H34ClN5O3S. The molecule has 2 saturated heterocycles. The van der Waals surface area contributed by atoms with Crippen LogP contribution in [0.25, 0.3) is 0 Å². The summed E-state index contributed by atoms with van der Waals surface area (Å²) in [6.07, 6.45) is 6.34. The molecule has 33 heavy (non-hydrogen) atoms. The zero-order valence-electron chi connectivity index (χ0n) is 19.4. The lowest BCUT2D eigenvalue weighted by atomic mass is 10.0. The minimum Gasteiger partial charge on any atom is -0.481 e. The van der Waals surface area contributed by atoms with E-state index < -0.39 is 9.84 Å². The van der Waals surface area contributed by atoms with Crippen molar-refractivity contribution >= 4 is 28.2 Å². The van der Waals surface area contributed by atoms with E-state index in [1.54, 1.807) is 31.5 Å². The normalized spacial score (nSPS) is 19.0. The lowest BCUT2D eigenvalue weighted by Crippen LogP contribution is -2.46. The van der Waals surface area contributed by atoms with Crippen LogP contribution in [0, 0.1) is 0 Å². The zero-order chi connectivity index (χ0) is 22.6. The van der Waals surface area contributed by atoms with Gasteiger partial charge in [0.25, 0.3) is 0 Å². The van der Waals surface area contributed by atoms with Crippen molar-refractivity contribution in [2.45, 2.75) is 36.7 Å². The van der Waals surface area contributed by atoms with E-state index in [9.17, 15) is 8.42 Å². The average molecular weight is 496 g/mol. The van der Waals surface area contributed by atoms with E-state index in [2.05, 4.69) is 24.7 Å². The Labute approximate surface area is 203 Å². The van der Waals surface area contributed by atoms with Gasteiger partial charge in [-0.1, -0.05) is 18.2 Å². The molecule has 182 valence electrons. The van der Waals surface area contributed by atoms with Gasteiger partial charge in [0.2, 0.25) is 11.8 Å². The Morgan fingerprint density at radius 2 is 1.79 bits per heavy atom. The highest BCUT2D eigenvalue weighted by atomic mass is 35.5. The first-order valence-corrected chi connectivity index (χ1v) is 13.2. The summed E-state index contributed by atoms with van der Waals surface area (Å²) in [7, 11) is -1.58. The molecule has 10 heteroatoms. The first kappa shape index (κ1) is 25.7. The molecular weight excluding hydrogens is 462 g/mol. The Morgan fingerprint density at radius 1 is 1.03 bits per heavy atom. The molecule has 1 aromatic carbocycles. The second-order valence-electron chi connectivity index (χ2n) is 8.66. The molecule has 0 spiro atoms. The van der Waals surface area contributed by atoms with Gasteiger partial charge >= 0.3 is 0 Å². The van der Waals surface area contributed by atoms with Crippen LogP contribution in [-0.4, -0.2) is 86.9 Å². The average Bonchev–Trinajstić information content (AvgIpc) is 3.06. The third kappa shape index (κ3) is 6.56. The van der Waals surface area contributed by atoms with E-state index in [0.717, 1.165) is 70.0 Å². The van der Waals surface area contributed by atoms with Gasteiger partial charge in [-0.05, 0) is 44.0 Å². The number of aromatic nitrogens is 2. The number of rotatable bonds is 6. The number of ether oxygens (including phenoxy) is 1. The summed E-state index contributed by atoms with van der Waals surface area (Å²) in [5.74, 6) is 1.34. The maximum atomic E-state index is 12.1. The number of likely N-dealkylation sites (tertiary alicyclic amines) is 1. The SMILES string of the molecule is COc1ccnc(N2CCCN(C3CCN(Cc4ccccc4S(C)(=O)=O)CC3)CC2)n1.Cl. The van der Waals surface area contributed by atoms with Crippen molar-refractivity contribution in [1.82, 2.24) is 19.8 Å². The van der Waals surface area contributed by atoms with E-state index in [1.165, 1.54) is 6.26 Å². The Balaban J connectivity index is 0.00000306. The fraction of sp³-hybridized carbons (Fsp3) is 0.565. The van der Waals surface area contributed by atoms with Crippen LogP contribution >= 0.6 is 12.4 Å². The van der Waals surface area contributed by atoms with Crippen LogP contribution in [-0.2, 0) is 16.4 Å². The molecule has 0 aliphatic carbocycles. The second-order valence-corrected chi connectivity index (χ2v) is 10.6. The number of nitrogens with zero attached hydrogens (tertiary/aromatic N) is 5. The molecule has 2 fully saturated rings. The van der Waals surface area contributed by atoms with Crippen molar-refractivity contribution in [2.75, 3.05) is 57.5 Å². The summed E-state index contributed by atoms with van der Waals surface area (Å²) in [6.45, 7) is 6.62. The van der Waals surface area contributed by atoms with Crippen molar-refractivity contribution in [3.05, 3.63) is 42.1 Å². The standard InChI is InChI=1S/C23H33N5O3S.ClH/c1-31-22-8-11-24-23(25-22)28-13-5-12-27(16-17-28)20-9-14-26(15-10-20)18-19-6-3-4-7-21(19)32(2,29)30;/h3-4,6-8,11,20H,5,9-10,12-18H2,1-2H3;1H. The van der Waals surface area contributed by atoms with Gasteiger partial charge in [0.15, 0.2) is 9.84 Å². The van der Waals surface area contributed by atoms with Gasteiger partial charge in [0.1, 0.15) is 0 Å². The number of anilines is 1. The molecule has 2 aromatic rings. The number of piperidine rings is 1. The summed E-state index contributed by atoms with van der Waals surface area (Å²) >= 11 is 0. The summed E-state index contributed by atoms with van der Waals surface area (Å²) < 4.78 is 29.5. The van der Waals surface area contributed by atoms with Crippen LogP contribution in [0.2, 0.25) is 0 Å². The highest BCUT2D eigenvalue weighted by Gasteiger charge is 2.27. The molecule has 4 rings (SSSR count). The second kappa shape index (κ2) is 11.5. The van der Waals surface area contributed by atoms with Gasteiger partial charge in [-0.2, -0.15) is 4.98 Å². The summed E-state index contributed by atoms with van der Waals surface area (Å²) in [5, 5.41) is 0. The van der Waals surface area contributed by atoms with Crippen LogP contribution < -0.4 is 9.64 Å². The van der Waals surface area contributed by atoms with E-state index in [1.807, 2.05) is 12.1 Å². The van der Waals surface area contributed by atoms with Gasteiger partial charge in [-0.15, -0.1) is 12.4 Å². The number of hydrogen-bond donors (Lipinski definition) is 0. The van der Waals surface area contributed by atoms with Crippen LogP contribution in [0.5, 0.6) is 5.88 Å². The highest BCUT2D eigenvalue weighted by Crippen LogP contribution is 2.23. The van der Waals surface area contributed by atoms with Gasteiger partial charge < -0.3 is 9.64 Å². The third-order valence-electron chi connectivity index (χ3n) is 6.48. The number of methoxy groups -OCH3 is 1. The van der Waals surface area contributed by atoms with Crippen molar-refractivity contribution in [1.29, 1.82) is 0 Å². The first-order valence-electron chi connectivity index (χ1n) is 11.3. The fourth-order valence-electron chi connectivity index (χ4n) is 4.78. The van der Waals surface area contributed by atoms with Gasteiger partial charge in [-0.3, -0.25) is 9.80 Å². The molecule has 2 aliphatic rings. The Morgan fingerprint density at radius 3 is 2.52 bits per heavy atom. The molecule has 1 aromatic heterocycles. The predicted octanol–water partition coefficient (Wildman–Crippen LogP) is 2.49. The van der Waals surface area contributed by atoms with Crippen LogP contribution in [0.4, 0.5) is 5.95 Å². The topological polar surface area (TPSA) is 78.9 Å². The lowest BCUT2D eigenvalue weighted by Gasteiger charge is -2.38. The molecule has 0 amide bonds. The number of benzene rings is 1. The van der Waals surface area contributed by atoms with Crippen molar-refractivity contribution in [2.24, 2.45) is 0 Å². The Hall–Kier alpha value is -1.94. The first-order chi connectivity index (χ1) is 15.4. The minimum absolute atomic E-state index is 0. The van der Waals surface area contributed by atoms with Crippen molar-refractivity contribution < 1.29 is 13.2 Å². The van der Waals surface area contributed by atoms with Gasteiger partial charge in [-0.25, -0.2) is 13.4 Å². The number of hydrogen-bond acceptors (Lipinski definition) is 8. The predicted molar refractivity (Wildman–Crippen MR) is 132 cm³/mol. The quantitative estimate of drug-likeness (QED) is 0.604. The van der Waals surface area contributed by atoms with E-state index >= 15 is 0 Å². The molecule has 0 radical (unpaired) electrons. The van der Waals surface area contributed by atoms with Gasteiger partial charge in [0.05, 0.1) is 12.0 Å². The smallest absolute Gasteiger partial charge is 0.228 e. The monoisotopic (exact) mass is 495 g/mol. The lowest BCUT2D eigenvalue weighted by molar-refractivity contribution is 0.109. The maximum Gasteiger partial charge on any atom is 0.228 e. The Bertz CT molecular complexity index is 1010. The molecule has 0 atom stereocenters. The van der Waals surface area contributed by atoms with Crippen LogP contribution in [0.3, 0.4) is 0 Å². The molecule has 0 bridgehead atoms. The van der Waals surface area contributed by atoms with E-state index in [0.29, 0.717) is 23.4 Å². The van der Waals surface area contributed by atoms with Crippen LogP contribution in [0.15, 0.2) is 41.4 Å². The van der Waals surface area contributed by atoms with E-state index in [-0.39, 0.29) is 12.4 Å². The van der Waals surface area contributed by atoms with E-state index in [4.69, 9.17) is 4.74 Å². The largest absolute Gasteiger partial charge is 0.481 e. The summed E-state index contributed by atoms with van der Waals surface area (Å²) in [6, 6.07) is 9.72. The van der Waals surface area contributed by atoms with Gasteiger partial charge in [0, 0.05) is 57.3 Å². The minimum atomic E-state index is -3.21. The summed E-state index contributed by atoms with van der Waals surface area (Å²) in [5.41, 5.74) is 0.900. The molecule has 0 saturated carbocycles. The number of halogens is 1. The third-order valence-corrected chi connectivity index (χ3v) is 7.68. The summed E-state index contributed by atoms with van der Waals surface area (Å²) in [4.78, 5) is 16.6. The highest BCUT2D eigenvalue weighted by molar-refractivity contribution is 7.90. The van der Waals surface area contributed by atoms with Crippen LogP contribution in [0.1, 0.15) is 24.8 Å². The maximum absolute atomic E-state index is 12.1. The molecule has 2 aliphatic heterocycles. The zero-order valence-corrected chi connectivity index (χ0v) is 21.0. The fourth-order valence-corrected chi connectivity index (χ4v) is 5.72. The number of sulfone groups is 1. The molecule has 8 nitrogen and oxygen atoms in total. The van der Waals surface area contributed by atoms with Crippen molar-refractivity contribution in [3.63, 3.8) is 0 Å². The molecule has 3 heterocycles. The Kier molecular flexibility index (Phi) is 8.92. The molecule has 0 unspecified atom stereocenters. The van der Waals surface area contributed by atoms with Crippen molar-refractivity contribution in [3.8, 4) is 5.88 Å². The molecule has 0 N–H and O–H groups in total.